The van der Waals surface area contributed by atoms with E-state index >= 15 is 0 Å². The Bertz CT molecular complexity index is 1150. The summed E-state index contributed by atoms with van der Waals surface area (Å²) in [7, 11) is 0. The third-order valence-electron chi connectivity index (χ3n) is 4.95. The minimum atomic E-state index is -0.752. The number of benzene rings is 2. The van der Waals surface area contributed by atoms with Crippen molar-refractivity contribution in [1.82, 2.24) is 0 Å². The van der Waals surface area contributed by atoms with Gasteiger partial charge in [-0.05, 0) is 55.8 Å². The molecule has 0 bridgehead atoms. The number of carbonyl (C=O) groups excluding carboxylic acids is 1. The Morgan fingerprint density at radius 1 is 1.14 bits per heavy atom. The van der Waals surface area contributed by atoms with Crippen molar-refractivity contribution < 1.29 is 23.8 Å². The first-order valence-electron chi connectivity index (χ1n) is 9.24. The Hall–Kier alpha value is -3.54. The zero-order valence-corrected chi connectivity index (χ0v) is 16.0. The monoisotopic (exact) mass is 392 g/mol. The van der Waals surface area contributed by atoms with E-state index in [2.05, 4.69) is 0 Å². The number of hydrogen-bond donors (Lipinski definition) is 1. The first-order valence-corrected chi connectivity index (χ1v) is 9.24. The highest BCUT2D eigenvalue weighted by molar-refractivity contribution is 5.87. The molecular formula is C23H20O6. The van der Waals surface area contributed by atoms with E-state index in [0.29, 0.717) is 23.3 Å². The SMILES string of the molecule is CC1(C)Oc2ccc3ccc(=O)oc3c2CC1OC(=O)/C=C/c1ccc(O)cc1. The lowest BCUT2D eigenvalue weighted by atomic mass is 9.90. The third-order valence-corrected chi connectivity index (χ3v) is 4.95. The number of hydrogen-bond acceptors (Lipinski definition) is 6. The fourth-order valence-corrected chi connectivity index (χ4v) is 3.35. The van der Waals surface area contributed by atoms with E-state index in [9.17, 15) is 14.7 Å². The van der Waals surface area contributed by atoms with Crippen molar-refractivity contribution in [3.63, 3.8) is 0 Å². The second-order valence-corrected chi connectivity index (χ2v) is 7.48. The minimum absolute atomic E-state index is 0.156. The van der Waals surface area contributed by atoms with E-state index in [4.69, 9.17) is 13.9 Å². The number of aromatic hydroxyl groups is 1. The van der Waals surface area contributed by atoms with Gasteiger partial charge < -0.3 is 19.0 Å². The van der Waals surface area contributed by atoms with Crippen LogP contribution in [0.1, 0.15) is 25.0 Å². The summed E-state index contributed by atoms with van der Waals surface area (Å²) in [5, 5.41) is 10.1. The quantitative estimate of drug-likeness (QED) is 0.414. The molecule has 1 aliphatic rings. The van der Waals surface area contributed by atoms with Crippen LogP contribution in [0.4, 0.5) is 0 Å². The molecule has 0 amide bonds. The fraction of sp³-hybridized carbons (Fsp3) is 0.217. The maximum absolute atomic E-state index is 12.4. The zero-order valence-electron chi connectivity index (χ0n) is 16.0. The highest BCUT2D eigenvalue weighted by atomic mass is 16.6. The molecule has 29 heavy (non-hydrogen) atoms. The zero-order chi connectivity index (χ0) is 20.6. The van der Waals surface area contributed by atoms with Crippen LogP contribution in [0.5, 0.6) is 11.5 Å². The number of esters is 1. The Balaban J connectivity index is 1.58. The van der Waals surface area contributed by atoms with E-state index in [1.165, 1.54) is 12.1 Å². The van der Waals surface area contributed by atoms with Gasteiger partial charge in [0.05, 0.1) is 0 Å². The van der Waals surface area contributed by atoms with Gasteiger partial charge in [0.1, 0.15) is 28.8 Å². The summed E-state index contributed by atoms with van der Waals surface area (Å²) in [5.74, 6) is 0.261. The van der Waals surface area contributed by atoms with Gasteiger partial charge in [-0.1, -0.05) is 12.1 Å². The second-order valence-electron chi connectivity index (χ2n) is 7.48. The molecule has 0 aliphatic carbocycles. The number of rotatable bonds is 3. The Kier molecular flexibility index (Phi) is 4.62. The molecule has 6 nitrogen and oxygen atoms in total. The molecule has 1 N–H and O–H groups in total. The van der Waals surface area contributed by atoms with Crippen molar-refractivity contribution in [3.8, 4) is 11.5 Å². The van der Waals surface area contributed by atoms with Crippen LogP contribution in [-0.4, -0.2) is 22.8 Å². The van der Waals surface area contributed by atoms with Crippen molar-refractivity contribution in [1.29, 1.82) is 0 Å². The predicted molar refractivity (Wildman–Crippen MR) is 108 cm³/mol. The molecule has 1 atom stereocenters. The molecule has 2 heterocycles. The lowest BCUT2D eigenvalue weighted by Crippen LogP contribution is -2.48. The van der Waals surface area contributed by atoms with Gasteiger partial charge >= 0.3 is 11.6 Å². The maximum atomic E-state index is 12.4. The molecule has 0 saturated heterocycles. The molecule has 1 aromatic heterocycles. The average Bonchev–Trinajstić information content (AvgIpc) is 2.68. The van der Waals surface area contributed by atoms with Crippen LogP contribution in [0.2, 0.25) is 0 Å². The second kappa shape index (κ2) is 7.13. The number of fused-ring (bicyclic) bond motifs is 3. The van der Waals surface area contributed by atoms with E-state index in [-0.39, 0.29) is 5.75 Å². The Morgan fingerprint density at radius 3 is 2.62 bits per heavy atom. The van der Waals surface area contributed by atoms with Crippen LogP contribution >= 0.6 is 0 Å². The van der Waals surface area contributed by atoms with Gasteiger partial charge in [0.15, 0.2) is 0 Å². The highest BCUT2D eigenvalue weighted by Crippen LogP contribution is 2.38. The standard InChI is InChI=1S/C23H20O6/c1-23(2)19(27-20(25)11-5-14-3-8-16(24)9-4-14)13-17-18(29-23)10-6-15-7-12-21(26)28-22(15)17/h3-12,19,24H,13H2,1-2H3/b11-5+. The van der Waals surface area contributed by atoms with Crippen molar-refractivity contribution >= 4 is 23.0 Å². The summed E-state index contributed by atoms with van der Waals surface area (Å²) in [5.41, 5.74) is 0.724. The van der Waals surface area contributed by atoms with Crippen LogP contribution in [0.25, 0.3) is 17.0 Å². The molecule has 148 valence electrons. The number of carbonyl (C=O) groups is 1. The fourth-order valence-electron chi connectivity index (χ4n) is 3.35. The smallest absolute Gasteiger partial charge is 0.336 e. The van der Waals surface area contributed by atoms with Crippen LogP contribution in [0, 0.1) is 0 Å². The largest absolute Gasteiger partial charge is 0.508 e. The van der Waals surface area contributed by atoms with Gasteiger partial charge in [0.25, 0.3) is 0 Å². The van der Waals surface area contributed by atoms with Gasteiger partial charge in [-0.3, -0.25) is 0 Å². The summed E-state index contributed by atoms with van der Waals surface area (Å²) in [6.45, 7) is 3.70. The highest BCUT2D eigenvalue weighted by Gasteiger charge is 2.40. The molecule has 2 aromatic carbocycles. The van der Waals surface area contributed by atoms with Crippen molar-refractivity contribution in [2.75, 3.05) is 0 Å². The van der Waals surface area contributed by atoms with Gasteiger partial charge in [0.2, 0.25) is 0 Å². The molecule has 1 aliphatic heterocycles. The number of phenolic OH excluding ortho intramolecular Hbond substituents is 1. The molecule has 0 fully saturated rings. The summed E-state index contributed by atoms with van der Waals surface area (Å²) in [4.78, 5) is 24.1. The van der Waals surface area contributed by atoms with Crippen molar-refractivity contribution in [3.05, 3.63) is 76.2 Å². The molecule has 0 saturated carbocycles. The summed E-state index contributed by atoms with van der Waals surface area (Å²) < 4.78 is 17.1. The minimum Gasteiger partial charge on any atom is -0.508 e. The molecule has 4 rings (SSSR count). The van der Waals surface area contributed by atoms with E-state index in [0.717, 1.165) is 10.9 Å². The molecule has 0 radical (unpaired) electrons. The summed E-state index contributed by atoms with van der Waals surface area (Å²) in [6, 6.07) is 13.2. The van der Waals surface area contributed by atoms with E-state index < -0.39 is 23.3 Å². The Labute approximate surface area is 167 Å². The summed E-state index contributed by atoms with van der Waals surface area (Å²) in [6.07, 6.45) is 2.75. The molecule has 1 unspecified atom stereocenters. The third kappa shape index (κ3) is 3.87. The predicted octanol–water partition coefficient (Wildman–Crippen LogP) is 3.84. The van der Waals surface area contributed by atoms with Crippen LogP contribution in [0.15, 0.2) is 63.8 Å². The Morgan fingerprint density at radius 2 is 1.86 bits per heavy atom. The molecular weight excluding hydrogens is 372 g/mol. The topological polar surface area (TPSA) is 86.0 Å². The average molecular weight is 392 g/mol. The lowest BCUT2D eigenvalue weighted by molar-refractivity contribution is -0.155. The maximum Gasteiger partial charge on any atom is 0.336 e. The number of phenols is 1. The van der Waals surface area contributed by atoms with Crippen LogP contribution in [0.3, 0.4) is 0 Å². The van der Waals surface area contributed by atoms with Gasteiger partial charge in [-0.2, -0.15) is 0 Å². The number of ether oxygens (including phenoxy) is 2. The summed E-state index contributed by atoms with van der Waals surface area (Å²) >= 11 is 0. The van der Waals surface area contributed by atoms with E-state index in [1.54, 1.807) is 36.4 Å². The van der Waals surface area contributed by atoms with E-state index in [1.807, 2.05) is 26.0 Å². The van der Waals surface area contributed by atoms with Crippen molar-refractivity contribution in [2.45, 2.75) is 32.0 Å². The van der Waals surface area contributed by atoms with Gasteiger partial charge in [-0.15, -0.1) is 0 Å². The molecule has 3 aromatic rings. The van der Waals surface area contributed by atoms with Crippen LogP contribution < -0.4 is 10.4 Å². The molecule has 6 heteroatoms. The van der Waals surface area contributed by atoms with Gasteiger partial charge in [-0.25, -0.2) is 9.59 Å². The first kappa shape index (κ1) is 18.8. The normalized spacial score (nSPS) is 17.7. The van der Waals surface area contributed by atoms with Crippen LogP contribution in [-0.2, 0) is 16.0 Å². The molecule has 0 spiro atoms. The first-order chi connectivity index (χ1) is 13.8. The lowest BCUT2D eigenvalue weighted by Gasteiger charge is -2.39. The van der Waals surface area contributed by atoms with Crippen molar-refractivity contribution in [2.24, 2.45) is 0 Å². The van der Waals surface area contributed by atoms with Gasteiger partial charge in [0, 0.05) is 29.5 Å².